The van der Waals surface area contributed by atoms with Crippen LogP contribution in [-0.2, 0) is 33.1 Å². The number of ether oxygens (including phenoxy) is 6. The van der Waals surface area contributed by atoms with Gasteiger partial charge in [-0.2, -0.15) is 0 Å². The maximum Gasteiger partial charge on any atom is 0.514 e. The molecule has 5 saturated carbocycles. The number of nitrogens with zero attached hydrogens (tertiary/aromatic N) is 2. The van der Waals surface area contributed by atoms with Crippen molar-refractivity contribution in [3.8, 4) is 11.5 Å². The second kappa shape index (κ2) is 19.1. The van der Waals surface area contributed by atoms with Crippen LogP contribution in [0.1, 0.15) is 177 Å². The van der Waals surface area contributed by atoms with Crippen LogP contribution in [0.2, 0.25) is 5.82 Å². The lowest BCUT2D eigenvalue weighted by Crippen LogP contribution is -2.65. The molecule has 2 heterocycles. The molecule has 3 amide bonds. The summed E-state index contributed by atoms with van der Waals surface area (Å²) >= 11 is 0. The van der Waals surface area contributed by atoms with Gasteiger partial charge in [-0.1, -0.05) is 19.9 Å². The van der Waals surface area contributed by atoms with E-state index in [2.05, 4.69) is 26.1 Å². The smallest absolute Gasteiger partial charge is 0.486 e. The van der Waals surface area contributed by atoms with E-state index < -0.39 is 59.9 Å². The van der Waals surface area contributed by atoms with Crippen LogP contribution in [0.5, 0.6) is 11.5 Å². The van der Waals surface area contributed by atoms with Crippen LogP contribution in [0.15, 0.2) is 12.1 Å². The third-order valence-electron chi connectivity index (χ3n) is 14.7. The SMILES string of the molecule is CC(C)(C)OC(=O)NCCN(C(=O)OC(C)(C)C)C1CCC(CC(=O)N2CC(Oc3ccc(C4CC4B4OC5C[C@@H]6C[C@@H](C6(C)C)[C@]5(C)O4)c(OC(=O)OC(C)(C)C)c3C(=O)OC(C)(C)C)C2)CC1. The summed E-state index contributed by atoms with van der Waals surface area (Å²) < 4.78 is 48.8. The van der Waals surface area contributed by atoms with Gasteiger partial charge in [-0.15, -0.1) is 0 Å². The Hall–Kier alpha value is -4.25. The highest BCUT2D eigenvalue weighted by atomic mass is 16.7. The van der Waals surface area contributed by atoms with Crippen molar-refractivity contribution < 1.29 is 61.7 Å². The zero-order valence-corrected chi connectivity index (χ0v) is 44.0. The zero-order chi connectivity index (χ0) is 50.8. The summed E-state index contributed by atoms with van der Waals surface area (Å²) in [5.74, 6) is 0.498. The Labute approximate surface area is 410 Å². The monoisotopic (exact) mass is 966 g/mol. The molecule has 1 N–H and O–H groups in total. The van der Waals surface area contributed by atoms with Crippen molar-refractivity contribution in [2.24, 2.45) is 23.2 Å². The molecule has 2 bridgehead atoms. The highest BCUT2D eigenvalue weighted by molar-refractivity contribution is 6.49. The Morgan fingerprint density at radius 1 is 0.797 bits per heavy atom. The molecule has 16 nitrogen and oxygen atoms in total. The molecule has 0 radical (unpaired) electrons. The summed E-state index contributed by atoms with van der Waals surface area (Å²) in [7, 11) is -0.435. The van der Waals surface area contributed by atoms with Gasteiger partial charge in [-0.05, 0) is 176 Å². The molecule has 8 rings (SSSR count). The molecule has 7 aliphatic rings. The van der Waals surface area contributed by atoms with Crippen molar-refractivity contribution in [1.29, 1.82) is 0 Å². The second-order valence-corrected chi connectivity index (χ2v) is 25.3. The summed E-state index contributed by atoms with van der Waals surface area (Å²) in [6, 6.07) is 3.47. The van der Waals surface area contributed by atoms with Crippen LogP contribution in [0.4, 0.5) is 14.4 Å². The van der Waals surface area contributed by atoms with E-state index in [9.17, 15) is 24.0 Å². The van der Waals surface area contributed by atoms with Crippen LogP contribution < -0.4 is 14.8 Å². The Bertz CT molecular complexity index is 2110. The van der Waals surface area contributed by atoms with Crippen molar-refractivity contribution in [3.63, 3.8) is 0 Å². The van der Waals surface area contributed by atoms with Crippen molar-refractivity contribution in [3.05, 3.63) is 23.3 Å². The van der Waals surface area contributed by atoms with E-state index in [1.54, 1.807) is 78.2 Å². The number of carbonyl (C=O) groups excluding carboxylic acids is 5. The van der Waals surface area contributed by atoms with Crippen molar-refractivity contribution in [2.75, 3.05) is 26.2 Å². The first kappa shape index (κ1) is 52.6. The van der Waals surface area contributed by atoms with Gasteiger partial charge in [0.1, 0.15) is 39.8 Å². The van der Waals surface area contributed by atoms with Gasteiger partial charge in [-0.25, -0.2) is 19.2 Å². The number of esters is 1. The molecule has 1 aromatic carbocycles. The largest absolute Gasteiger partial charge is 0.514 e. The number of alkyl carbamates (subject to hydrolysis) is 1. The summed E-state index contributed by atoms with van der Waals surface area (Å²) in [4.78, 5) is 70.6. The van der Waals surface area contributed by atoms with Gasteiger partial charge < -0.3 is 52.8 Å². The first-order valence-electron chi connectivity index (χ1n) is 25.4. The highest BCUT2D eigenvalue weighted by Crippen LogP contribution is 2.68. The number of likely N-dealkylation sites (tertiary alicyclic amines) is 1. The molecule has 0 spiro atoms. The summed E-state index contributed by atoms with van der Waals surface area (Å²) in [6.07, 6.45) is 3.68. The number of benzene rings is 1. The quantitative estimate of drug-likeness (QED) is 0.0907. The lowest BCUT2D eigenvalue weighted by Gasteiger charge is -2.64. The van der Waals surface area contributed by atoms with Crippen LogP contribution in [0, 0.1) is 23.2 Å². The molecule has 3 unspecified atom stereocenters. The third kappa shape index (κ3) is 12.4. The molecule has 1 aromatic rings. The van der Waals surface area contributed by atoms with Gasteiger partial charge in [0.25, 0.3) is 0 Å². The van der Waals surface area contributed by atoms with Gasteiger partial charge >= 0.3 is 31.4 Å². The minimum Gasteiger partial charge on any atom is -0.486 e. The fraction of sp³-hybridized carbons (Fsp3) is 0.788. The number of nitrogens with one attached hydrogen (secondary N) is 1. The summed E-state index contributed by atoms with van der Waals surface area (Å²) in [5.41, 5.74) is -2.63. The molecule has 2 saturated heterocycles. The number of rotatable bonds is 12. The fourth-order valence-corrected chi connectivity index (χ4v) is 11.2. The normalized spacial score (nSPS) is 28.5. The molecule has 2 aliphatic heterocycles. The number of amides is 3. The molecule has 0 aromatic heterocycles. The van der Waals surface area contributed by atoms with E-state index in [1.807, 2.05) is 26.8 Å². The zero-order valence-electron chi connectivity index (χ0n) is 44.0. The summed E-state index contributed by atoms with van der Waals surface area (Å²) in [6.45, 7) is 29.3. The van der Waals surface area contributed by atoms with Gasteiger partial charge in [0, 0.05) is 31.4 Å². The predicted octanol–water partition coefficient (Wildman–Crippen LogP) is 9.84. The average Bonchev–Trinajstić information content (AvgIpc) is 3.88. The first-order valence-corrected chi connectivity index (χ1v) is 25.4. The Morgan fingerprint density at radius 2 is 1.42 bits per heavy atom. The maximum atomic E-state index is 14.3. The average molecular weight is 966 g/mol. The predicted molar refractivity (Wildman–Crippen MR) is 258 cm³/mol. The minimum absolute atomic E-state index is 0.00567. The van der Waals surface area contributed by atoms with E-state index in [0.717, 1.165) is 25.7 Å². The van der Waals surface area contributed by atoms with E-state index in [4.69, 9.17) is 37.7 Å². The van der Waals surface area contributed by atoms with Crippen molar-refractivity contribution >= 4 is 37.3 Å². The lowest BCUT2D eigenvalue weighted by atomic mass is 9.43. The van der Waals surface area contributed by atoms with E-state index >= 15 is 0 Å². The van der Waals surface area contributed by atoms with Crippen LogP contribution in [-0.4, -0.2) is 120 Å². The Balaban J connectivity index is 1.00. The molecule has 5 aliphatic carbocycles. The molecule has 69 heavy (non-hydrogen) atoms. The van der Waals surface area contributed by atoms with Crippen LogP contribution in [0.3, 0.4) is 0 Å². The standard InChI is InChI=1S/C52H80BN3O13/c1-47(2,3)64-43(58)41-37(21-20-34(42(41)63-46(61)67-50(10,11)12)35-27-36(35)53-68-39-26-31-25-38(51(31,13)14)52(39,15)69-53)62-33-28-55(29-33)40(57)24-30-16-18-32(19-17-30)56(45(60)66-49(7,8)9)23-22-54-44(59)65-48(4,5)6/h20-21,30-33,35-36,38-39H,16-19,22-29H2,1-15H3,(H,54,59)/t30?,31-,32?,35?,36?,38-,39?,52-/m0/s1. The topological polar surface area (TPSA) is 178 Å². The van der Waals surface area contributed by atoms with Crippen molar-refractivity contribution in [2.45, 2.75) is 213 Å². The minimum atomic E-state index is -0.959. The fourth-order valence-electron chi connectivity index (χ4n) is 11.2. The van der Waals surface area contributed by atoms with Gasteiger partial charge in [0.15, 0.2) is 5.75 Å². The molecule has 6 atom stereocenters. The molecular weight excluding hydrogens is 885 g/mol. The van der Waals surface area contributed by atoms with Gasteiger partial charge in [0.2, 0.25) is 5.91 Å². The number of carbonyl (C=O) groups is 5. The van der Waals surface area contributed by atoms with Gasteiger partial charge in [0.05, 0.1) is 24.8 Å². The molecule has 17 heteroatoms. The van der Waals surface area contributed by atoms with Gasteiger partial charge in [-0.3, -0.25) is 4.79 Å². The number of hydrogen-bond acceptors (Lipinski definition) is 13. The van der Waals surface area contributed by atoms with E-state index in [1.165, 1.54) is 0 Å². The molecule has 384 valence electrons. The lowest BCUT2D eigenvalue weighted by molar-refractivity contribution is -0.199. The van der Waals surface area contributed by atoms with E-state index in [-0.39, 0.29) is 76.9 Å². The molecule has 7 fully saturated rings. The Kier molecular flexibility index (Phi) is 14.5. The Morgan fingerprint density at radius 3 is 2.01 bits per heavy atom. The first-order chi connectivity index (χ1) is 31.8. The third-order valence-corrected chi connectivity index (χ3v) is 14.7. The van der Waals surface area contributed by atoms with Crippen molar-refractivity contribution in [1.82, 2.24) is 15.1 Å². The molecular formula is C52H80BN3O13. The van der Waals surface area contributed by atoms with Crippen LogP contribution >= 0.6 is 0 Å². The van der Waals surface area contributed by atoms with Crippen LogP contribution in [0.25, 0.3) is 0 Å². The highest BCUT2D eigenvalue weighted by Gasteiger charge is 2.70. The second-order valence-electron chi connectivity index (χ2n) is 25.3. The summed E-state index contributed by atoms with van der Waals surface area (Å²) in [5, 5.41) is 2.75. The maximum absolute atomic E-state index is 14.3. The number of hydrogen-bond donors (Lipinski definition) is 1. The van der Waals surface area contributed by atoms with E-state index in [0.29, 0.717) is 56.2 Å².